The molecule has 1 saturated heterocycles. The highest BCUT2D eigenvalue weighted by Gasteiger charge is 2.43. The number of likely N-dealkylation sites (tertiary alicyclic amines) is 1. The zero-order chi connectivity index (χ0) is 9.86. The van der Waals surface area contributed by atoms with E-state index in [1.165, 1.54) is 71.0 Å². The van der Waals surface area contributed by atoms with Crippen LogP contribution in [0.25, 0.3) is 0 Å². The lowest BCUT2D eigenvalue weighted by molar-refractivity contribution is 0.249. The molecular formula is C13H25N. The minimum atomic E-state index is 0.791. The lowest BCUT2D eigenvalue weighted by Gasteiger charge is -2.22. The third-order valence-corrected chi connectivity index (χ3v) is 4.03. The van der Waals surface area contributed by atoms with Crippen molar-refractivity contribution in [1.29, 1.82) is 0 Å². The Balaban J connectivity index is 1.67. The molecule has 2 fully saturated rings. The Kier molecular flexibility index (Phi) is 3.48. The van der Waals surface area contributed by atoms with Crippen LogP contribution in [0.3, 0.4) is 0 Å². The number of unbranched alkanes of at least 4 members (excludes halogenated alkanes) is 2. The monoisotopic (exact) mass is 195 g/mol. The van der Waals surface area contributed by atoms with E-state index in [4.69, 9.17) is 0 Å². The average Bonchev–Trinajstić information content (AvgIpc) is 2.75. The molecule has 1 heterocycles. The minimum absolute atomic E-state index is 0.791. The Bertz CT molecular complexity index is 166. The van der Waals surface area contributed by atoms with Crippen molar-refractivity contribution in [3.05, 3.63) is 0 Å². The number of hydrogen-bond donors (Lipinski definition) is 0. The standard InChI is InChI=1S/C13H25N/c1-2-3-4-7-13(8-9-13)12-14-10-5-6-11-14/h2-12H2,1H3. The molecule has 0 spiro atoms. The average molecular weight is 195 g/mol. The summed E-state index contributed by atoms with van der Waals surface area (Å²) in [6, 6.07) is 0. The second-order valence-corrected chi connectivity index (χ2v) is 5.44. The van der Waals surface area contributed by atoms with Crippen molar-refractivity contribution >= 4 is 0 Å². The predicted octanol–water partition coefficient (Wildman–Crippen LogP) is 3.44. The molecule has 14 heavy (non-hydrogen) atoms. The maximum Gasteiger partial charge on any atom is 0.00380 e. The first-order valence-electron chi connectivity index (χ1n) is 6.57. The van der Waals surface area contributed by atoms with Gasteiger partial charge in [-0.05, 0) is 50.6 Å². The molecule has 82 valence electrons. The summed E-state index contributed by atoms with van der Waals surface area (Å²) in [6.07, 6.45) is 11.7. The largest absolute Gasteiger partial charge is 0.303 e. The fourth-order valence-corrected chi connectivity index (χ4v) is 2.83. The molecule has 0 radical (unpaired) electrons. The van der Waals surface area contributed by atoms with Crippen LogP contribution in [-0.4, -0.2) is 24.5 Å². The summed E-state index contributed by atoms with van der Waals surface area (Å²) < 4.78 is 0. The first-order valence-corrected chi connectivity index (χ1v) is 6.57. The molecular weight excluding hydrogens is 170 g/mol. The third-order valence-electron chi connectivity index (χ3n) is 4.03. The van der Waals surface area contributed by atoms with Crippen LogP contribution in [0.5, 0.6) is 0 Å². The maximum atomic E-state index is 2.71. The van der Waals surface area contributed by atoms with Crippen molar-refractivity contribution in [2.45, 2.75) is 58.3 Å². The third kappa shape index (κ3) is 2.73. The van der Waals surface area contributed by atoms with Gasteiger partial charge in [-0.15, -0.1) is 0 Å². The van der Waals surface area contributed by atoms with Crippen LogP contribution in [0.15, 0.2) is 0 Å². The Morgan fingerprint density at radius 2 is 1.79 bits per heavy atom. The van der Waals surface area contributed by atoms with Gasteiger partial charge in [-0.2, -0.15) is 0 Å². The first-order chi connectivity index (χ1) is 6.85. The van der Waals surface area contributed by atoms with Crippen LogP contribution in [0, 0.1) is 5.41 Å². The van der Waals surface area contributed by atoms with Crippen molar-refractivity contribution in [3.8, 4) is 0 Å². The second kappa shape index (κ2) is 4.65. The lowest BCUT2D eigenvalue weighted by atomic mass is 9.98. The van der Waals surface area contributed by atoms with E-state index in [2.05, 4.69) is 11.8 Å². The normalized spacial score (nSPS) is 25.5. The van der Waals surface area contributed by atoms with Crippen LogP contribution < -0.4 is 0 Å². The van der Waals surface area contributed by atoms with Gasteiger partial charge in [-0.25, -0.2) is 0 Å². The molecule has 0 aromatic rings. The predicted molar refractivity (Wildman–Crippen MR) is 61.5 cm³/mol. The fourth-order valence-electron chi connectivity index (χ4n) is 2.83. The van der Waals surface area contributed by atoms with Crippen LogP contribution in [-0.2, 0) is 0 Å². The van der Waals surface area contributed by atoms with Crippen LogP contribution in [0.2, 0.25) is 0 Å². The van der Waals surface area contributed by atoms with E-state index < -0.39 is 0 Å². The Labute approximate surface area is 88.9 Å². The Morgan fingerprint density at radius 1 is 1.07 bits per heavy atom. The van der Waals surface area contributed by atoms with Gasteiger partial charge in [0.1, 0.15) is 0 Å². The summed E-state index contributed by atoms with van der Waals surface area (Å²) >= 11 is 0. The molecule has 0 amide bonds. The highest BCUT2D eigenvalue weighted by Crippen LogP contribution is 2.50. The summed E-state index contributed by atoms with van der Waals surface area (Å²) in [4.78, 5) is 2.71. The molecule has 1 aliphatic carbocycles. The summed E-state index contributed by atoms with van der Waals surface area (Å²) in [5, 5.41) is 0. The quantitative estimate of drug-likeness (QED) is 0.587. The molecule has 1 aliphatic heterocycles. The molecule has 0 N–H and O–H groups in total. The van der Waals surface area contributed by atoms with Gasteiger partial charge in [0.05, 0.1) is 0 Å². The molecule has 0 bridgehead atoms. The maximum absolute atomic E-state index is 2.71. The van der Waals surface area contributed by atoms with Crippen molar-refractivity contribution in [1.82, 2.24) is 4.90 Å². The zero-order valence-corrected chi connectivity index (χ0v) is 9.73. The van der Waals surface area contributed by atoms with Gasteiger partial charge in [0.25, 0.3) is 0 Å². The molecule has 0 unspecified atom stereocenters. The first kappa shape index (κ1) is 10.5. The summed E-state index contributed by atoms with van der Waals surface area (Å²) in [6.45, 7) is 6.50. The summed E-state index contributed by atoms with van der Waals surface area (Å²) in [5.74, 6) is 0. The van der Waals surface area contributed by atoms with Gasteiger partial charge >= 0.3 is 0 Å². The molecule has 0 aromatic carbocycles. The smallest absolute Gasteiger partial charge is 0.00380 e. The zero-order valence-electron chi connectivity index (χ0n) is 9.73. The highest BCUT2D eigenvalue weighted by atomic mass is 15.1. The van der Waals surface area contributed by atoms with Crippen molar-refractivity contribution < 1.29 is 0 Å². The van der Waals surface area contributed by atoms with E-state index in [9.17, 15) is 0 Å². The molecule has 2 aliphatic rings. The van der Waals surface area contributed by atoms with Gasteiger partial charge in [0.2, 0.25) is 0 Å². The van der Waals surface area contributed by atoms with Gasteiger partial charge < -0.3 is 4.90 Å². The SMILES string of the molecule is CCCCCC1(CN2CCCC2)CC1. The number of rotatable bonds is 6. The fraction of sp³-hybridized carbons (Fsp3) is 1.00. The molecule has 1 nitrogen and oxygen atoms in total. The van der Waals surface area contributed by atoms with Crippen molar-refractivity contribution in [2.75, 3.05) is 19.6 Å². The number of hydrogen-bond acceptors (Lipinski definition) is 1. The van der Waals surface area contributed by atoms with E-state index in [-0.39, 0.29) is 0 Å². The highest BCUT2D eigenvalue weighted by molar-refractivity contribution is 4.95. The molecule has 1 heteroatoms. The van der Waals surface area contributed by atoms with Crippen LogP contribution in [0.4, 0.5) is 0 Å². The van der Waals surface area contributed by atoms with Gasteiger partial charge in [-0.3, -0.25) is 0 Å². The lowest BCUT2D eigenvalue weighted by Crippen LogP contribution is -2.27. The van der Waals surface area contributed by atoms with E-state index in [1.807, 2.05) is 0 Å². The van der Waals surface area contributed by atoms with Crippen LogP contribution >= 0.6 is 0 Å². The van der Waals surface area contributed by atoms with Gasteiger partial charge in [-0.1, -0.05) is 26.2 Å². The summed E-state index contributed by atoms with van der Waals surface area (Å²) in [5.41, 5.74) is 0.791. The topological polar surface area (TPSA) is 3.24 Å². The molecule has 2 rings (SSSR count). The Hall–Kier alpha value is -0.0400. The van der Waals surface area contributed by atoms with E-state index in [0.29, 0.717) is 0 Å². The van der Waals surface area contributed by atoms with E-state index in [0.717, 1.165) is 5.41 Å². The molecule has 0 atom stereocenters. The number of nitrogens with zero attached hydrogens (tertiary/aromatic N) is 1. The molecule has 0 aromatic heterocycles. The van der Waals surface area contributed by atoms with Crippen molar-refractivity contribution in [2.24, 2.45) is 5.41 Å². The molecule has 1 saturated carbocycles. The van der Waals surface area contributed by atoms with Crippen molar-refractivity contribution in [3.63, 3.8) is 0 Å². The Morgan fingerprint density at radius 3 is 2.36 bits per heavy atom. The van der Waals surface area contributed by atoms with E-state index >= 15 is 0 Å². The second-order valence-electron chi connectivity index (χ2n) is 5.44. The van der Waals surface area contributed by atoms with E-state index in [1.54, 1.807) is 0 Å². The van der Waals surface area contributed by atoms with Crippen LogP contribution in [0.1, 0.15) is 58.3 Å². The van der Waals surface area contributed by atoms with Gasteiger partial charge in [0.15, 0.2) is 0 Å². The minimum Gasteiger partial charge on any atom is -0.303 e. The summed E-state index contributed by atoms with van der Waals surface area (Å²) in [7, 11) is 0. The van der Waals surface area contributed by atoms with Gasteiger partial charge in [0, 0.05) is 6.54 Å².